The highest BCUT2D eigenvalue weighted by Crippen LogP contribution is 2.61. The summed E-state index contributed by atoms with van der Waals surface area (Å²) in [5.74, 6) is -3.04. The average Bonchev–Trinajstić information content (AvgIpc) is 3.33. The fraction of sp³-hybridized carbons (Fsp3) is 0.360. The molecular formula is C25H20F3N3O5. The number of amides is 3. The predicted molar refractivity (Wildman–Crippen MR) is 119 cm³/mol. The molecular weight excluding hydrogens is 479 g/mol. The van der Waals surface area contributed by atoms with Crippen molar-refractivity contribution < 1.29 is 37.0 Å². The molecule has 5 atom stereocenters. The molecule has 3 heterocycles. The quantitative estimate of drug-likeness (QED) is 0.497. The molecule has 36 heavy (non-hydrogen) atoms. The molecule has 5 rings (SSSR count). The monoisotopic (exact) mass is 499 g/mol. The highest BCUT2D eigenvalue weighted by molar-refractivity contribution is 6.23. The van der Waals surface area contributed by atoms with Crippen LogP contribution >= 0.6 is 0 Å². The Morgan fingerprint density at radius 2 is 1.81 bits per heavy atom. The second kappa shape index (κ2) is 7.80. The van der Waals surface area contributed by atoms with Gasteiger partial charge in [-0.2, -0.15) is 13.2 Å². The topological polar surface area (TPSA) is 89.3 Å². The largest absolute Gasteiger partial charge is 0.412 e. The number of nitrogens with zero attached hydrogens (tertiary/aromatic N) is 2. The van der Waals surface area contributed by atoms with Crippen LogP contribution in [0.25, 0.3) is 4.85 Å². The third-order valence-electron chi connectivity index (χ3n) is 7.25. The van der Waals surface area contributed by atoms with Gasteiger partial charge in [-0.1, -0.05) is 24.3 Å². The predicted octanol–water partition coefficient (Wildman–Crippen LogP) is 4.47. The number of nitrogens with one attached hydrogen (secondary N) is 1. The maximum atomic E-state index is 13.5. The second-order valence-corrected chi connectivity index (χ2v) is 9.48. The average molecular weight is 499 g/mol. The third kappa shape index (κ3) is 3.44. The van der Waals surface area contributed by atoms with Gasteiger partial charge in [-0.3, -0.25) is 9.59 Å². The lowest BCUT2D eigenvalue weighted by Gasteiger charge is -2.35. The Kier molecular flexibility index (Phi) is 5.16. The fourth-order valence-electron chi connectivity index (χ4n) is 5.76. The standard InChI is InChI=1S/C25H20F3N3O5/c1-23-12-17(30-22(34)35-14-7-5-4-6-8-14)24(2,36-23)19-18(23)20(32)31(21(19)33)13-9-10-16(29-3)15(11-13)25(26,27)28/h4-11,17-19H,12H2,1-2H3,(H,30,34)/t17-,18-,19+,23?,24?/m0/s1. The Labute approximate surface area is 203 Å². The first-order chi connectivity index (χ1) is 16.9. The molecule has 11 heteroatoms. The van der Waals surface area contributed by atoms with E-state index in [2.05, 4.69) is 10.2 Å². The van der Waals surface area contributed by atoms with E-state index in [0.717, 1.165) is 17.0 Å². The number of hydrogen-bond acceptors (Lipinski definition) is 5. The number of imide groups is 1. The van der Waals surface area contributed by atoms with Crippen molar-refractivity contribution >= 4 is 29.3 Å². The number of rotatable bonds is 3. The maximum Gasteiger partial charge on any atom is 0.412 e. The van der Waals surface area contributed by atoms with Crippen LogP contribution in [0.5, 0.6) is 5.75 Å². The van der Waals surface area contributed by atoms with Gasteiger partial charge >= 0.3 is 12.3 Å². The van der Waals surface area contributed by atoms with Gasteiger partial charge < -0.3 is 14.8 Å². The van der Waals surface area contributed by atoms with Crippen molar-refractivity contribution in [2.45, 2.75) is 43.7 Å². The zero-order valence-electron chi connectivity index (χ0n) is 19.1. The van der Waals surface area contributed by atoms with Crippen LogP contribution in [0, 0.1) is 18.4 Å². The molecule has 0 aliphatic carbocycles. The Morgan fingerprint density at radius 1 is 1.14 bits per heavy atom. The van der Waals surface area contributed by atoms with Gasteiger partial charge in [-0.15, -0.1) is 0 Å². The van der Waals surface area contributed by atoms with Crippen LogP contribution in [-0.2, 0) is 20.5 Å². The molecule has 2 unspecified atom stereocenters. The number of para-hydroxylation sites is 1. The van der Waals surface area contributed by atoms with Gasteiger partial charge in [0.1, 0.15) is 5.75 Å². The Balaban J connectivity index is 1.44. The summed E-state index contributed by atoms with van der Waals surface area (Å²) in [7, 11) is 0. The summed E-state index contributed by atoms with van der Waals surface area (Å²) in [6, 6.07) is 10.4. The first-order valence-electron chi connectivity index (χ1n) is 11.1. The molecule has 0 radical (unpaired) electrons. The summed E-state index contributed by atoms with van der Waals surface area (Å²) >= 11 is 0. The van der Waals surface area contributed by atoms with E-state index >= 15 is 0 Å². The van der Waals surface area contributed by atoms with Gasteiger partial charge in [0.15, 0.2) is 5.69 Å². The Morgan fingerprint density at radius 3 is 2.44 bits per heavy atom. The van der Waals surface area contributed by atoms with Crippen molar-refractivity contribution in [1.82, 2.24) is 5.32 Å². The number of benzene rings is 2. The van der Waals surface area contributed by atoms with Crippen molar-refractivity contribution in [1.29, 1.82) is 0 Å². The van der Waals surface area contributed by atoms with Crippen LogP contribution in [-0.4, -0.2) is 35.2 Å². The van der Waals surface area contributed by atoms with E-state index in [0.29, 0.717) is 11.8 Å². The van der Waals surface area contributed by atoms with E-state index in [-0.39, 0.29) is 12.1 Å². The number of anilines is 1. The van der Waals surface area contributed by atoms with Gasteiger partial charge in [-0.05, 0) is 38.1 Å². The number of halogens is 3. The van der Waals surface area contributed by atoms with E-state index in [1.54, 1.807) is 44.2 Å². The molecule has 2 bridgehead atoms. The number of hydrogen-bond donors (Lipinski definition) is 1. The van der Waals surface area contributed by atoms with Gasteiger partial charge in [0.2, 0.25) is 11.8 Å². The molecule has 8 nitrogen and oxygen atoms in total. The van der Waals surface area contributed by atoms with Crippen molar-refractivity contribution in [2.24, 2.45) is 11.8 Å². The Bertz CT molecular complexity index is 1320. The normalized spacial score (nSPS) is 30.8. The van der Waals surface area contributed by atoms with E-state index < -0.39 is 64.4 Å². The number of alkyl halides is 3. The molecule has 1 N–H and O–H groups in total. The molecule has 3 amide bonds. The van der Waals surface area contributed by atoms with E-state index in [4.69, 9.17) is 16.0 Å². The smallest absolute Gasteiger partial charge is 0.410 e. The summed E-state index contributed by atoms with van der Waals surface area (Å²) in [6.07, 6.45) is -5.40. The molecule has 2 aromatic carbocycles. The number of carbonyl (C=O) groups excluding carboxylic acids is 3. The van der Waals surface area contributed by atoms with Gasteiger partial charge in [0.25, 0.3) is 0 Å². The molecule has 2 aromatic rings. The molecule has 3 saturated heterocycles. The summed E-state index contributed by atoms with van der Waals surface area (Å²) < 4.78 is 52.0. The zero-order chi connectivity index (χ0) is 26.0. The number of ether oxygens (including phenoxy) is 2. The molecule has 0 saturated carbocycles. The van der Waals surface area contributed by atoms with Crippen LogP contribution in [0.4, 0.5) is 29.3 Å². The van der Waals surface area contributed by atoms with Crippen molar-refractivity contribution in [3.8, 4) is 5.75 Å². The zero-order valence-corrected chi connectivity index (χ0v) is 19.1. The lowest BCUT2D eigenvalue weighted by molar-refractivity contribution is -0.137. The molecule has 3 fully saturated rings. The van der Waals surface area contributed by atoms with Crippen LogP contribution in [0.15, 0.2) is 48.5 Å². The van der Waals surface area contributed by atoms with Gasteiger partial charge in [-0.25, -0.2) is 14.5 Å². The first-order valence-corrected chi connectivity index (χ1v) is 11.1. The fourth-order valence-corrected chi connectivity index (χ4v) is 5.76. The molecule has 0 spiro atoms. The van der Waals surface area contributed by atoms with Crippen molar-refractivity contribution in [3.63, 3.8) is 0 Å². The minimum absolute atomic E-state index is 0.200. The first kappa shape index (κ1) is 23.8. The van der Waals surface area contributed by atoms with Crippen molar-refractivity contribution in [3.05, 3.63) is 65.5 Å². The van der Waals surface area contributed by atoms with E-state index in [9.17, 15) is 27.6 Å². The summed E-state index contributed by atoms with van der Waals surface area (Å²) in [5, 5.41) is 2.72. The van der Waals surface area contributed by atoms with Crippen LogP contribution in [0.2, 0.25) is 0 Å². The van der Waals surface area contributed by atoms with Crippen LogP contribution in [0.3, 0.4) is 0 Å². The highest BCUT2D eigenvalue weighted by atomic mass is 19.4. The van der Waals surface area contributed by atoms with E-state index in [1.165, 1.54) is 0 Å². The van der Waals surface area contributed by atoms with Crippen molar-refractivity contribution in [2.75, 3.05) is 4.90 Å². The molecule has 186 valence electrons. The molecule has 3 aliphatic heterocycles. The number of fused-ring (bicyclic) bond motifs is 5. The molecule has 3 aliphatic rings. The minimum atomic E-state index is -4.84. The van der Waals surface area contributed by atoms with Crippen LogP contribution < -0.4 is 15.0 Å². The summed E-state index contributed by atoms with van der Waals surface area (Å²) in [5.41, 5.74) is -4.55. The second-order valence-electron chi connectivity index (χ2n) is 9.48. The van der Waals surface area contributed by atoms with Gasteiger partial charge in [0, 0.05) is 12.1 Å². The Hall–Kier alpha value is -3.91. The minimum Gasteiger partial charge on any atom is -0.410 e. The third-order valence-corrected chi connectivity index (χ3v) is 7.25. The lowest BCUT2D eigenvalue weighted by atomic mass is 9.66. The summed E-state index contributed by atoms with van der Waals surface area (Å²) in [4.78, 5) is 43.1. The van der Waals surface area contributed by atoms with E-state index in [1.807, 2.05) is 0 Å². The van der Waals surface area contributed by atoms with Crippen LogP contribution in [0.1, 0.15) is 25.8 Å². The molecule has 0 aromatic heterocycles. The summed E-state index contributed by atoms with van der Waals surface area (Å²) in [6.45, 7) is 10.3. The lowest BCUT2D eigenvalue weighted by Crippen LogP contribution is -2.56. The SMILES string of the molecule is [C-]#[N+]c1ccc(N2C(=O)[C@@H]3[C@H](C2=O)C2(C)OC3(C)C[C@@H]2NC(=O)Oc2ccccc2)cc1C(F)(F)F. The number of carbonyl (C=O) groups is 3. The highest BCUT2D eigenvalue weighted by Gasteiger charge is 2.76. The maximum absolute atomic E-state index is 13.5. The van der Waals surface area contributed by atoms with Gasteiger partial charge in [0.05, 0.1) is 41.2 Å².